The number of guanidine groups is 1. The molecule has 0 amide bonds. The Balaban J connectivity index is 0.00000288. The molecule has 0 spiro atoms. The zero-order valence-electron chi connectivity index (χ0n) is 15.0. The van der Waals surface area contributed by atoms with Crippen molar-refractivity contribution >= 4 is 29.9 Å². The predicted octanol–water partition coefficient (Wildman–Crippen LogP) is 1.53. The molecule has 2 N–H and O–H groups in total. The fourth-order valence-corrected chi connectivity index (χ4v) is 2.74. The second kappa shape index (κ2) is 10.7. The highest BCUT2D eigenvalue weighted by molar-refractivity contribution is 14.0. The molecule has 0 bridgehead atoms. The van der Waals surface area contributed by atoms with Crippen LogP contribution in [0.25, 0.3) is 0 Å². The van der Waals surface area contributed by atoms with E-state index in [1.54, 1.807) is 11.0 Å². The molecular weight excluding hydrogens is 417 g/mol. The second-order valence-corrected chi connectivity index (χ2v) is 6.15. The minimum Gasteiger partial charge on any atom is -0.357 e. The van der Waals surface area contributed by atoms with Crippen LogP contribution in [-0.2, 0) is 13.6 Å². The van der Waals surface area contributed by atoms with Gasteiger partial charge in [-0.15, -0.1) is 24.0 Å². The van der Waals surface area contributed by atoms with E-state index < -0.39 is 0 Å². The number of rotatable bonds is 6. The molecule has 1 aromatic rings. The first-order valence-corrected chi connectivity index (χ1v) is 8.33. The molecule has 1 fully saturated rings. The molecule has 1 aliphatic rings. The summed E-state index contributed by atoms with van der Waals surface area (Å²) in [4.78, 5) is 11.3. The van der Waals surface area contributed by atoms with Gasteiger partial charge in [0.1, 0.15) is 18.7 Å². The molecule has 136 valence electrons. The van der Waals surface area contributed by atoms with Crippen LogP contribution < -0.4 is 10.6 Å². The lowest BCUT2D eigenvalue weighted by Crippen LogP contribution is -2.48. The fraction of sp³-hybridized carbons (Fsp3) is 0.688. The van der Waals surface area contributed by atoms with E-state index in [2.05, 4.69) is 51.0 Å². The Morgan fingerprint density at radius 3 is 2.67 bits per heavy atom. The van der Waals surface area contributed by atoms with Crippen LogP contribution in [0.1, 0.15) is 32.5 Å². The van der Waals surface area contributed by atoms with Gasteiger partial charge in [0.2, 0.25) is 0 Å². The Hall–Kier alpha value is -1.16. The molecule has 1 aliphatic heterocycles. The summed E-state index contributed by atoms with van der Waals surface area (Å²) in [6.45, 7) is 12.8. The number of likely N-dealkylation sites (tertiary alicyclic amines) is 1. The monoisotopic (exact) mass is 447 g/mol. The average Bonchev–Trinajstić information content (AvgIpc) is 2.92. The molecule has 0 aromatic carbocycles. The first kappa shape index (κ1) is 20.9. The Morgan fingerprint density at radius 2 is 2.12 bits per heavy atom. The number of aromatic nitrogens is 3. The van der Waals surface area contributed by atoms with Crippen molar-refractivity contribution in [2.24, 2.45) is 12.0 Å². The van der Waals surface area contributed by atoms with Crippen molar-refractivity contribution in [1.82, 2.24) is 30.3 Å². The SMILES string of the molecule is C=C(C)CN1CCC(NC(=NCc2ncnn2C)NCC)CC1.I. The van der Waals surface area contributed by atoms with Gasteiger partial charge in [-0.05, 0) is 26.7 Å². The van der Waals surface area contributed by atoms with Crippen LogP contribution in [0.2, 0.25) is 0 Å². The van der Waals surface area contributed by atoms with Crippen molar-refractivity contribution in [2.45, 2.75) is 39.3 Å². The molecular formula is C16H30IN7. The van der Waals surface area contributed by atoms with Gasteiger partial charge in [-0.1, -0.05) is 12.2 Å². The third-order valence-electron chi connectivity index (χ3n) is 3.95. The summed E-state index contributed by atoms with van der Waals surface area (Å²) < 4.78 is 1.75. The normalized spacial score (nSPS) is 16.5. The molecule has 24 heavy (non-hydrogen) atoms. The summed E-state index contributed by atoms with van der Waals surface area (Å²) >= 11 is 0. The van der Waals surface area contributed by atoms with Gasteiger partial charge >= 0.3 is 0 Å². The predicted molar refractivity (Wildman–Crippen MR) is 109 cm³/mol. The quantitative estimate of drug-likeness (QED) is 0.300. The maximum atomic E-state index is 4.62. The molecule has 0 atom stereocenters. The van der Waals surface area contributed by atoms with Crippen molar-refractivity contribution in [3.63, 3.8) is 0 Å². The number of halogens is 1. The summed E-state index contributed by atoms with van der Waals surface area (Å²) in [5, 5.41) is 10.9. The van der Waals surface area contributed by atoms with Gasteiger partial charge in [-0.25, -0.2) is 9.98 Å². The van der Waals surface area contributed by atoms with Gasteiger partial charge in [0.15, 0.2) is 5.96 Å². The number of nitrogens with one attached hydrogen (secondary N) is 2. The van der Waals surface area contributed by atoms with Gasteiger partial charge in [-0.2, -0.15) is 5.10 Å². The lowest BCUT2D eigenvalue weighted by Gasteiger charge is -2.33. The van der Waals surface area contributed by atoms with Crippen LogP contribution >= 0.6 is 24.0 Å². The molecule has 8 heteroatoms. The van der Waals surface area contributed by atoms with E-state index in [0.29, 0.717) is 12.6 Å². The Bertz CT molecular complexity index is 532. The van der Waals surface area contributed by atoms with E-state index in [-0.39, 0.29) is 24.0 Å². The first-order chi connectivity index (χ1) is 11.1. The largest absolute Gasteiger partial charge is 0.357 e. The van der Waals surface area contributed by atoms with Gasteiger partial charge in [0, 0.05) is 39.3 Å². The van der Waals surface area contributed by atoms with Crippen molar-refractivity contribution in [1.29, 1.82) is 0 Å². The van der Waals surface area contributed by atoms with Gasteiger partial charge in [0.05, 0.1) is 0 Å². The standard InChI is InChI=1S/C16H29N7.HI/c1-5-17-16(18-10-15-19-12-20-22(15)4)21-14-6-8-23(9-7-14)11-13(2)3;/h12,14H,2,5-11H2,1,3-4H3,(H2,17,18,21);1H. The van der Waals surface area contributed by atoms with E-state index in [0.717, 1.165) is 50.8 Å². The van der Waals surface area contributed by atoms with Crippen LogP contribution in [0, 0.1) is 0 Å². The third-order valence-corrected chi connectivity index (χ3v) is 3.95. The zero-order valence-corrected chi connectivity index (χ0v) is 17.3. The number of nitrogens with zero attached hydrogens (tertiary/aromatic N) is 5. The van der Waals surface area contributed by atoms with Gasteiger partial charge in [-0.3, -0.25) is 9.58 Å². The lowest BCUT2D eigenvalue weighted by molar-refractivity contribution is 0.221. The summed E-state index contributed by atoms with van der Waals surface area (Å²) in [6.07, 6.45) is 3.81. The first-order valence-electron chi connectivity index (χ1n) is 8.33. The molecule has 1 aromatic heterocycles. The number of piperidine rings is 1. The van der Waals surface area contributed by atoms with Crippen LogP contribution in [-0.4, -0.2) is 57.8 Å². The molecule has 7 nitrogen and oxygen atoms in total. The van der Waals surface area contributed by atoms with E-state index >= 15 is 0 Å². The van der Waals surface area contributed by atoms with Crippen molar-refractivity contribution in [3.8, 4) is 0 Å². The topological polar surface area (TPSA) is 70.4 Å². The van der Waals surface area contributed by atoms with E-state index in [1.807, 2.05) is 7.05 Å². The molecule has 0 saturated carbocycles. The van der Waals surface area contributed by atoms with Crippen molar-refractivity contribution in [2.75, 3.05) is 26.2 Å². The highest BCUT2D eigenvalue weighted by Gasteiger charge is 2.19. The fourth-order valence-electron chi connectivity index (χ4n) is 2.74. The van der Waals surface area contributed by atoms with Crippen LogP contribution in [0.15, 0.2) is 23.5 Å². The molecule has 1 saturated heterocycles. The van der Waals surface area contributed by atoms with Crippen molar-refractivity contribution < 1.29 is 0 Å². The van der Waals surface area contributed by atoms with Crippen LogP contribution in [0.4, 0.5) is 0 Å². The van der Waals surface area contributed by atoms with Crippen LogP contribution in [0.3, 0.4) is 0 Å². The Kier molecular flexibility index (Phi) is 9.27. The number of hydrogen-bond donors (Lipinski definition) is 2. The maximum absolute atomic E-state index is 4.62. The summed E-state index contributed by atoms with van der Waals surface area (Å²) in [5.41, 5.74) is 1.23. The number of aryl methyl sites for hydroxylation is 1. The van der Waals surface area contributed by atoms with Gasteiger partial charge in [0.25, 0.3) is 0 Å². The van der Waals surface area contributed by atoms with E-state index in [4.69, 9.17) is 0 Å². The lowest BCUT2D eigenvalue weighted by atomic mass is 10.0. The minimum atomic E-state index is 0. The molecule has 0 unspecified atom stereocenters. The molecule has 0 aliphatic carbocycles. The summed E-state index contributed by atoms with van der Waals surface area (Å²) in [7, 11) is 1.88. The third kappa shape index (κ3) is 6.76. The smallest absolute Gasteiger partial charge is 0.191 e. The molecule has 2 heterocycles. The zero-order chi connectivity index (χ0) is 16.7. The van der Waals surface area contributed by atoms with Gasteiger partial charge < -0.3 is 10.6 Å². The van der Waals surface area contributed by atoms with Crippen LogP contribution in [0.5, 0.6) is 0 Å². The maximum Gasteiger partial charge on any atom is 0.191 e. The number of hydrogen-bond acceptors (Lipinski definition) is 4. The second-order valence-electron chi connectivity index (χ2n) is 6.15. The van der Waals surface area contributed by atoms with E-state index in [9.17, 15) is 0 Å². The molecule has 0 radical (unpaired) electrons. The van der Waals surface area contributed by atoms with E-state index in [1.165, 1.54) is 5.57 Å². The highest BCUT2D eigenvalue weighted by Crippen LogP contribution is 2.11. The average molecular weight is 447 g/mol. The molecule has 2 rings (SSSR count). The Morgan fingerprint density at radius 1 is 1.42 bits per heavy atom. The Labute approximate surface area is 162 Å². The summed E-state index contributed by atoms with van der Waals surface area (Å²) in [5.74, 6) is 1.72. The number of aliphatic imine (C=N–C) groups is 1. The minimum absolute atomic E-state index is 0. The van der Waals surface area contributed by atoms with Crippen molar-refractivity contribution in [3.05, 3.63) is 24.3 Å². The highest BCUT2D eigenvalue weighted by atomic mass is 127. The summed E-state index contributed by atoms with van der Waals surface area (Å²) in [6, 6.07) is 0.466.